The molecular weight excluding hydrogens is 258 g/mol. The van der Waals surface area contributed by atoms with Crippen molar-refractivity contribution in [1.29, 1.82) is 0 Å². The van der Waals surface area contributed by atoms with Crippen LogP contribution in [0.3, 0.4) is 0 Å². The summed E-state index contributed by atoms with van der Waals surface area (Å²) in [6.07, 6.45) is 3.74. The second-order valence-electron chi connectivity index (χ2n) is 5.53. The lowest BCUT2D eigenvalue weighted by molar-refractivity contribution is 0.396. The van der Waals surface area contributed by atoms with Crippen LogP contribution < -0.4 is 5.32 Å². The second kappa shape index (κ2) is 5.18. The van der Waals surface area contributed by atoms with Gasteiger partial charge in [0.2, 0.25) is 0 Å². The summed E-state index contributed by atoms with van der Waals surface area (Å²) in [4.78, 5) is 0. The highest BCUT2D eigenvalue weighted by Gasteiger charge is 2.34. The van der Waals surface area contributed by atoms with Crippen LogP contribution in [-0.2, 0) is 0 Å². The van der Waals surface area contributed by atoms with E-state index in [1.165, 1.54) is 12.8 Å². The van der Waals surface area contributed by atoms with Crippen molar-refractivity contribution in [3.8, 4) is 0 Å². The summed E-state index contributed by atoms with van der Waals surface area (Å²) in [7, 11) is 0. The Kier molecular flexibility index (Phi) is 3.55. The third-order valence-corrected chi connectivity index (χ3v) is 4.19. The predicted molar refractivity (Wildman–Crippen MR) is 79.7 cm³/mol. The van der Waals surface area contributed by atoms with Crippen LogP contribution in [0.2, 0.25) is 5.02 Å². The van der Waals surface area contributed by atoms with E-state index in [2.05, 4.69) is 25.2 Å². The Hall–Kier alpha value is -0.990. The minimum absolute atomic E-state index is 0.350. The number of hydrogen-bond acceptors (Lipinski definition) is 2. The Labute approximate surface area is 119 Å². The van der Waals surface area contributed by atoms with Crippen LogP contribution in [0.5, 0.6) is 0 Å². The van der Waals surface area contributed by atoms with Gasteiger partial charge in [0.15, 0.2) is 0 Å². The summed E-state index contributed by atoms with van der Waals surface area (Å²) in [5, 5.41) is 5.43. The predicted octanol–water partition coefficient (Wildman–Crippen LogP) is 4.85. The number of halogens is 1. The maximum absolute atomic E-state index is 6.27. The van der Waals surface area contributed by atoms with Gasteiger partial charge in [-0.2, -0.15) is 0 Å². The number of aryl methyl sites for hydroxylation is 1. The van der Waals surface area contributed by atoms with Crippen molar-refractivity contribution in [2.24, 2.45) is 5.92 Å². The molecule has 1 saturated carbocycles. The lowest BCUT2D eigenvalue weighted by Crippen LogP contribution is -2.23. The summed E-state index contributed by atoms with van der Waals surface area (Å²) < 4.78 is 6.09. The van der Waals surface area contributed by atoms with Gasteiger partial charge >= 0.3 is 0 Å². The Morgan fingerprint density at radius 1 is 1.42 bits per heavy atom. The summed E-state index contributed by atoms with van der Waals surface area (Å²) in [5.41, 5.74) is 2.09. The van der Waals surface area contributed by atoms with Gasteiger partial charge in [-0.3, -0.25) is 0 Å². The first-order chi connectivity index (χ1) is 9.20. The molecule has 0 saturated heterocycles. The van der Waals surface area contributed by atoms with E-state index in [-0.39, 0.29) is 0 Å². The fraction of sp³-hybridized carbons (Fsp3) is 0.500. The molecule has 1 fully saturated rings. The van der Waals surface area contributed by atoms with Gasteiger partial charge in [-0.1, -0.05) is 24.6 Å². The molecule has 1 unspecified atom stereocenters. The van der Waals surface area contributed by atoms with Gasteiger partial charge in [0.05, 0.1) is 11.1 Å². The van der Waals surface area contributed by atoms with Crippen LogP contribution in [0.4, 0.5) is 0 Å². The van der Waals surface area contributed by atoms with Crippen LogP contribution in [0.15, 0.2) is 22.6 Å². The Balaban J connectivity index is 1.99. The highest BCUT2D eigenvalue weighted by atomic mass is 35.5. The molecule has 0 radical (unpaired) electrons. The number of nitrogens with one attached hydrogen (secondary N) is 1. The van der Waals surface area contributed by atoms with Crippen LogP contribution in [-0.4, -0.2) is 6.54 Å². The molecule has 0 aliphatic heterocycles. The maximum atomic E-state index is 6.27. The first kappa shape index (κ1) is 13.0. The zero-order chi connectivity index (χ0) is 13.4. The molecule has 3 rings (SSSR count). The molecule has 2 aromatic rings. The van der Waals surface area contributed by atoms with Gasteiger partial charge in [0.25, 0.3) is 0 Å². The van der Waals surface area contributed by atoms with E-state index in [0.717, 1.165) is 46.2 Å². The topological polar surface area (TPSA) is 25.2 Å². The van der Waals surface area contributed by atoms with Crippen LogP contribution in [0.25, 0.3) is 11.0 Å². The van der Waals surface area contributed by atoms with E-state index in [9.17, 15) is 0 Å². The summed E-state index contributed by atoms with van der Waals surface area (Å²) in [6.45, 7) is 5.29. The van der Waals surface area contributed by atoms with E-state index in [1.54, 1.807) is 0 Å². The van der Waals surface area contributed by atoms with Gasteiger partial charge in [0.1, 0.15) is 11.3 Å². The highest BCUT2D eigenvalue weighted by molar-refractivity contribution is 6.35. The van der Waals surface area contributed by atoms with E-state index in [4.69, 9.17) is 16.0 Å². The Bertz CT molecular complexity index is 547. The standard InChI is InChI=1S/C16H20ClNO/c1-3-8-18-15(11-5-6-11)14-9-12-13(17)7-4-10(2)16(12)19-14/h4,7,9,11,15,18H,3,5-6,8H2,1-2H3. The van der Waals surface area contributed by atoms with E-state index >= 15 is 0 Å². The fourth-order valence-corrected chi connectivity index (χ4v) is 2.83. The van der Waals surface area contributed by atoms with Crippen molar-refractivity contribution in [2.45, 2.75) is 39.2 Å². The minimum atomic E-state index is 0.350. The molecule has 0 amide bonds. The summed E-state index contributed by atoms with van der Waals surface area (Å²) >= 11 is 6.27. The third-order valence-electron chi connectivity index (χ3n) is 3.86. The number of benzene rings is 1. The van der Waals surface area contributed by atoms with Gasteiger partial charge < -0.3 is 9.73 Å². The van der Waals surface area contributed by atoms with Crippen LogP contribution >= 0.6 is 11.6 Å². The molecule has 1 N–H and O–H groups in total. The molecule has 1 aromatic carbocycles. The largest absolute Gasteiger partial charge is 0.459 e. The van der Waals surface area contributed by atoms with E-state index in [1.807, 2.05) is 12.1 Å². The monoisotopic (exact) mass is 277 g/mol. The van der Waals surface area contributed by atoms with Crippen molar-refractivity contribution in [2.75, 3.05) is 6.54 Å². The van der Waals surface area contributed by atoms with Crippen LogP contribution in [0, 0.1) is 12.8 Å². The van der Waals surface area contributed by atoms with Gasteiger partial charge in [-0.05, 0) is 56.3 Å². The average molecular weight is 278 g/mol. The summed E-state index contributed by atoms with van der Waals surface area (Å²) in [6, 6.07) is 6.44. The van der Waals surface area contributed by atoms with Gasteiger partial charge in [-0.25, -0.2) is 0 Å². The third kappa shape index (κ3) is 2.52. The average Bonchev–Trinajstić information content (AvgIpc) is 3.13. The van der Waals surface area contributed by atoms with Gasteiger partial charge in [0, 0.05) is 5.39 Å². The minimum Gasteiger partial charge on any atom is -0.459 e. The molecule has 0 bridgehead atoms. The van der Waals surface area contributed by atoms with Gasteiger partial charge in [-0.15, -0.1) is 0 Å². The zero-order valence-electron chi connectivity index (χ0n) is 11.5. The Morgan fingerprint density at radius 2 is 2.21 bits per heavy atom. The maximum Gasteiger partial charge on any atom is 0.138 e. The first-order valence-corrected chi connectivity index (χ1v) is 7.50. The zero-order valence-corrected chi connectivity index (χ0v) is 12.3. The molecule has 19 heavy (non-hydrogen) atoms. The molecule has 2 nitrogen and oxygen atoms in total. The summed E-state index contributed by atoms with van der Waals surface area (Å²) in [5.74, 6) is 1.77. The van der Waals surface area contributed by atoms with Crippen molar-refractivity contribution in [3.05, 3.63) is 34.5 Å². The van der Waals surface area contributed by atoms with Crippen molar-refractivity contribution in [3.63, 3.8) is 0 Å². The van der Waals surface area contributed by atoms with Crippen molar-refractivity contribution < 1.29 is 4.42 Å². The van der Waals surface area contributed by atoms with E-state index in [0.29, 0.717) is 6.04 Å². The van der Waals surface area contributed by atoms with Crippen molar-refractivity contribution in [1.82, 2.24) is 5.32 Å². The molecule has 1 aliphatic rings. The Morgan fingerprint density at radius 3 is 2.84 bits per heavy atom. The smallest absolute Gasteiger partial charge is 0.138 e. The highest BCUT2D eigenvalue weighted by Crippen LogP contribution is 2.43. The molecule has 1 heterocycles. The molecule has 0 spiro atoms. The molecule has 1 aromatic heterocycles. The lowest BCUT2D eigenvalue weighted by Gasteiger charge is -2.14. The lowest BCUT2D eigenvalue weighted by atomic mass is 10.1. The molecule has 1 atom stereocenters. The number of fused-ring (bicyclic) bond motifs is 1. The molecule has 1 aliphatic carbocycles. The SMILES string of the molecule is CCCNC(c1cc2c(Cl)ccc(C)c2o1)C1CC1. The normalized spacial score (nSPS) is 17.0. The molecule has 3 heteroatoms. The van der Waals surface area contributed by atoms with E-state index < -0.39 is 0 Å². The quantitative estimate of drug-likeness (QED) is 0.845. The number of rotatable bonds is 5. The molecular formula is C16H20ClNO. The van der Waals surface area contributed by atoms with Crippen molar-refractivity contribution >= 4 is 22.6 Å². The fourth-order valence-electron chi connectivity index (χ4n) is 2.63. The number of furan rings is 1. The van der Waals surface area contributed by atoms with Crippen LogP contribution in [0.1, 0.15) is 43.6 Å². The first-order valence-electron chi connectivity index (χ1n) is 7.12. The number of hydrogen-bond donors (Lipinski definition) is 1. The molecule has 102 valence electrons. The second-order valence-corrected chi connectivity index (χ2v) is 5.93.